The number of thioether (sulfide) groups is 1. The van der Waals surface area contributed by atoms with Crippen molar-refractivity contribution < 1.29 is 9.84 Å². The first-order valence-electron chi connectivity index (χ1n) is 3.66. The second-order valence-corrected chi connectivity index (χ2v) is 3.42. The van der Waals surface area contributed by atoms with E-state index in [0.717, 1.165) is 16.2 Å². The molecule has 0 aliphatic rings. The lowest BCUT2D eigenvalue weighted by atomic mass is 10.2. The minimum Gasteiger partial charge on any atom is -0.496 e. The summed E-state index contributed by atoms with van der Waals surface area (Å²) >= 11 is 1.41. The molecule has 0 atom stereocenters. The maximum atomic E-state index is 8.67. The number of hydrogen-bond donors (Lipinski definition) is 1. The minimum atomic E-state index is 0.117. The van der Waals surface area contributed by atoms with E-state index in [4.69, 9.17) is 9.84 Å². The Morgan fingerprint density at radius 3 is 2.75 bits per heavy atom. The van der Waals surface area contributed by atoms with Crippen LogP contribution in [0.3, 0.4) is 0 Å². The average Bonchev–Trinajstić information content (AvgIpc) is 2.05. The minimum absolute atomic E-state index is 0.117. The monoisotopic (exact) mass is 184 g/mol. The number of hydrogen-bond acceptors (Lipinski definition) is 3. The Morgan fingerprint density at radius 1 is 1.50 bits per heavy atom. The van der Waals surface area contributed by atoms with Gasteiger partial charge in [-0.05, 0) is 30.7 Å². The Balaban J connectivity index is 2.86. The zero-order chi connectivity index (χ0) is 8.97. The highest BCUT2D eigenvalue weighted by Crippen LogP contribution is 2.24. The Hall–Kier alpha value is -0.670. The predicted octanol–water partition coefficient (Wildman–Crippen LogP) is 2.05. The first kappa shape index (κ1) is 9.42. The van der Waals surface area contributed by atoms with Gasteiger partial charge in [0.2, 0.25) is 0 Å². The summed E-state index contributed by atoms with van der Waals surface area (Å²) in [4.78, 5) is 1.07. The molecule has 1 rings (SSSR count). The summed E-state index contributed by atoms with van der Waals surface area (Å²) in [6.07, 6.45) is 0. The predicted molar refractivity (Wildman–Crippen MR) is 50.7 cm³/mol. The maximum Gasteiger partial charge on any atom is 0.121 e. The van der Waals surface area contributed by atoms with E-state index in [1.807, 2.05) is 25.1 Å². The van der Waals surface area contributed by atoms with E-state index < -0.39 is 0 Å². The third-order valence-corrected chi connectivity index (χ3v) is 2.31. The fourth-order valence-corrected chi connectivity index (χ4v) is 1.59. The number of aryl methyl sites for hydroxylation is 1. The lowest BCUT2D eigenvalue weighted by Crippen LogP contribution is -1.86. The number of aliphatic hydroxyl groups is 1. The van der Waals surface area contributed by atoms with Crippen LogP contribution in [-0.2, 0) is 0 Å². The molecule has 2 nitrogen and oxygen atoms in total. The van der Waals surface area contributed by atoms with Gasteiger partial charge in [0.25, 0.3) is 0 Å². The summed E-state index contributed by atoms with van der Waals surface area (Å²) in [6, 6.07) is 5.85. The normalized spacial score (nSPS) is 9.92. The summed E-state index contributed by atoms with van der Waals surface area (Å²) in [5, 5.41) is 8.67. The molecule has 1 N–H and O–H groups in total. The van der Waals surface area contributed by atoms with Gasteiger partial charge in [0, 0.05) is 4.90 Å². The lowest BCUT2D eigenvalue weighted by Gasteiger charge is -2.05. The van der Waals surface area contributed by atoms with E-state index in [-0.39, 0.29) is 5.94 Å². The highest BCUT2D eigenvalue weighted by atomic mass is 32.2. The van der Waals surface area contributed by atoms with Gasteiger partial charge in [-0.25, -0.2) is 0 Å². The third kappa shape index (κ3) is 2.16. The molecule has 0 aliphatic carbocycles. The summed E-state index contributed by atoms with van der Waals surface area (Å²) in [6.45, 7) is 1.99. The lowest BCUT2D eigenvalue weighted by molar-refractivity contribution is 0.375. The van der Waals surface area contributed by atoms with Crippen LogP contribution in [-0.4, -0.2) is 18.2 Å². The van der Waals surface area contributed by atoms with Crippen LogP contribution < -0.4 is 4.74 Å². The van der Waals surface area contributed by atoms with Crippen molar-refractivity contribution in [3.05, 3.63) is 23.8 Å². The van der Waals surface area contributed by atoms with Crippen molar-refractivity contribution in [2.24, 2.45) is 0 Å². The number of ether oxygens (including phenoxy) is 1. The second kappa shape index (κ2) is 4.38. The molecule has 0 fully saturated rings. The highest BCUT2D eigenvalue weighted by Gasteiger charge is 1.98. The first-order valence-corrected chi connectivity index (χ1v) is 4.65. The molecule has 0 radical (unpaired) electrons. The van der Waals surface area contributed by atoms with Gasteiger partial charge < -0.3 is 9.84 Å². The Bertz CT molecular complexity index is 261. The van der Waals surface area contributed by atoms with Crippen molar-refractivity contribution in [2.45, 2.75) is 11.8 Å². The standard InChI is InChI=1S/C9H12O2S/c1-7-5-8(12-6-10)3-4-9(7)11-2/h3-5,10H,6H2,1-2H3. The van der Waals surface area contributed by atoms with Gasteiger partial charge >= 0.3 is 0 Å². The zero-order valence-electron chi connectivity index (χ0n) is 7.20. The molecule has 0 aliphatic heterocycles. The van der Waals surface area contributed by atoms with Crippen LogP contribution >= 0.6 is 11.8 Å². The number of rotatable bonds is 3. The maximum absolute atomic E-state index is 8.67. The third-order valence-electron chi connectivity index (χ3n) is 1.60. The molecule has 3 heteroatoms. The fourth-order valence-electron chi connectivity index (χ4n) is 1.02. The molecular formula is C9H12O2S. The summed E-state index contributed by atoms with van der Waals surface area (Å²) in [5.41, 5.74) is 1.09. The van der Waals surface area contributed by atoms with Crippen molar-refractivity contribution in [3.63, 3.8) is 0 Å². The quantitative estimate of drug-likeness (QED) is 0.576. The average molecular weight is 184 g/mol. The van der Waals surface area contributed by atoms with E-state index >= 15 is 0 Å². The SMILES string of the molecule is COc1ccc(SCO)cc1C. The van der Waals surface area contributed by atoms with Gasteiger partial charge in [0.1, 0.15) is 5.75 Å². The van der Waals surface area contributed by atoms with Gasteiger partial charge in [-0.3, -0.25) is 0 Å². The molecule has 0 saturated carbocycles. The molecule has 0 amide bonds. The smallest absolute Gasteiger partial charge is 0.121 e. The van der Waals surface area contributed by atoms with E-state index in [0.29, 0.717) is 0 Å². The van der Waals surface area contributed by atoms with Gasteiger partial charge in [-0.15, -0.1) is 0 Å². The first-order chi connectivity index (χ1) is 5.77. The molecule has 1 aromatic rings. The van der Waals surface area contributed by atoms with Crippen LogP contribution in [0.5, 0.6) is 5.75 Å². The van der Waals surface area contributed by atoms with Crippen molar-refractivity contribution >= 4 is 11.8 Å². The second-order valence-electron chi connectivity index (χ2n) is 2.40. The van der Waals surface area contributed by atoms with Crippen LogP contribution in [0.25, 0.3) is 0 Å². The number of methoxy groups -OCH3 is 1. The Morgan fingerprint density at radius 2 is 2.25 bits per heavy atom. The van der Waals surface area contributed by atoms with Crippen molar-refractivity contribution in [2.75, 3.05) is 13.0 Å². The van der Waals surface area contributed by atoms with E-state index in [9.17, 15) is 0 Å². The molecule has 12 heavy (non-hydrogen) atoms. The largest absolute Gasteiger partial charge is 0.496 e. The Kier molecular flexibility index (Phi) is 3.44. The molecule has 0 unspecified atom stereocenters. The van der Waals surface area contributed by atoms with Gasteiger partial charge in [-0.2, -0.15) is 0 Å². The molecule has 66 valence electrons. The van der Waals surface area contributed by atoms with Gasteiger partial charge in [-0.1, -0.05) is 11.8 Å². The summed E-state index contributed by atoms with van der Waals surface area (Å²) in [7, 11) is 1.65. The summed E-state index contributed by atoms with van der Waals surface area (Å²) < 4.78 is 5.11. The number of aliphatic hydroxyl groups excluding tert-OH is 1. The molecule has 1 aromatic carbocycles. The van der Waals surface area contributed by atoms with Crippen molar-refractivity contribution in [3.8, 4) is 5.75 Å². The number of benzene rings is 1. The molecule has 0 aromatic heterocycles. The van der Waals surface area contributed by atoms with E-state index in [2.05, 4.69) is 0 Å². The van der Waals surface area contributed by atoms with Crippen LogP contribution in [0.4, 0.5) is 0 Å². The molecule has 0 heterocycles. The van der Waals surface area contributed by atoms with Crippen LogP contribution in [0.2, 0.25) is 0 Å². The van der Waals surface area contributed by atoms with Gasteiger partial charge in [0.05, 0.1) is 13.0 Å². The molecular weight excluding hydrogens is 172 g/mol. The summed E-state index contributed by atoms with van der Waals surface area (Å²) in [5.74, 6) is 1.00. The van der Waals surface area contributed by atoms with Crippen molar-refractivity contribution in [1.29, 1.82) is 0 Å². The molecule has 0 spiro atoms. The van der Waals surface area contributed by atoms with E-state index in [1.54, 1.807) is 7.11 Å². The van der Waals surface area contributed by atoms with Gasteiger partial charge in [0.15, 0.2) is 0 Å². The van der Waals surface area contributed by atoms with Crippen LogP contribution in [0.1, 0.15) is 5.56 Å². The van der Waals surface area contributed by atoms with Crippen molar-refractivity contribution in [1.82, 2.24) is 0 Å². The fraction of sp³-hybridized carbons (Fsp3) is 0.333. The molecule has 0 saturated heterocycles. The van der Waals surface area contributed by atoms with Crippen LogP contribution in [0, 0.1) is 6.92 Å². The zero-order valence-corrected chi connectivity index (χ0v) is 8.02. The van der Waals surface area contributed by atoms with E-state index in [1.165, 1.54) is 11.8 Å². The Labute approximate surface area is 76.6 Å². The highest BCUT2D eigenvalue weighted by molar-refractivity contribution is 7.99. The molecule has 0 bridgehead atoms. The topological polar surface area (TPSA) is 29.5 Å². The van der Waals surface area contributed by atoms with Crippen LogP contribution in [0.15, 0.2) is 23.1 Å².